The Labute approximate surface area is 156 Å². The summed E-state index contributed by atoms with van der Waals surface area (Å²) in [7, 11) is 0. The van der Waals surface area contributed by atoms with Crippen molar-refractivity contribution in [2.45, 2.75) is 40.5 Å². The average molecular weight is 354 g/mol. The van der Waals surface area contributed by atoms with Crippen LogP contribution < -0.4 is 10.6 Å². The van der Waals surface area contributed by atoms with Gasteiger partial charge in [0.15, 0.2) is 0 Å². The number of hydrogen-bond donors (Lipinski definition) is 1. The summed E-state index contributed by atoms with van der Waals surface area (Å²) in [5.41, 5.74) is 7.46. The molecule has 1 aromatic carbocycles. The van der Waals surface area contributed by atoms with Crippen LogP contribution >= 0.6 is 0 Å². The fourth-order valence-electron chi connectivity index (χ4n) is 2.60. The van der Waals surface area contributed by atoms with Gasteiger partial charge in [-0.25, -0.2) is 9.97 Å². The molecule has 2 N–H and O–H groups in total. The zero-order valence-corrected chi connectivity index (χ0v) is 16.3. The van der Waals surface area contributed by atoms with E-state index in [0.29, 0.717) is 17.8 Å². The summed E-state index contributed by atoms with van der Waals surface area (Å²) in [6, 6.07) is 11.5. The molecule has 0 aliphatic heterocycles. The Bertz CT molecular complexity index is 701. The number of carbonyl (C=O) groups is 1. The van der Waals surface area contributed by atoms with Crippen LogP contribution in [0.25, 0.3) is 11.3 Å². The molecule has 0 unspecified atom stereocenters. The highest BCUT2D eigenvalue weighted by Crippen LogP contribution is 2.22. The topological polar surface area (TPSA) is 72.1 Å². The fraction of sp³-hybridized carbons (Fsp3) is 0.476. The second-order valence-corrected chi connectivity index (χ2v) is 7.52. The summed E-state index contributed by atoms with van der Waals surface area (Å²) in [5.74, 6) is 1.23. The summed E-state index contributed by atoms with van der Waals surface area (Å²) in [4.78, 5) is 23.2. The van der Waals surface area contributed by atoms with Crippen molar-refractivity contribution in [1.29, 1.82) is 0 Å². The van der Waals surface area contributed by atoms with E-state index < -0.39 is 5.91 Å². The Kier molecular flexibility index (Phi) is 7.13. The molecule has 0 fully saturated rings. The molecule has 2 aromatic rings. The van der Waals surface area contributed by atoms with Crippen LogP contribution in [0.5, 0.6) is 0 Å². The van der Waals surface area contributed by atoms with Gasteiger partial charge in [0.05, 0.1) is 5.69 Å². The Hall–Kier alpha value is -2.43. The van der Waals surface area contributed by atoms with E-state index in [2.05, 4.69) is 37.6 Å². The van der Waals surface area contributed by atoms with E-state index in [0.717, 1.165) is 37.2 Å². The van der Waals surface area contributed by atoms with E-state index in [1.807, 2.05) is 30.3 Å². The molecule has 0 spiro atoms. The van der Waals surface area contributed by atoms with Gasteiger partial charge in [-0.15, -0.1) is 0 Å². The van der Waals surface area contributed by atoms with Crippen molar-refractivity contribution < 1.29 is 4.79 Å². The fourth-order valence-corrected chi connectivity index (χ4v) is 2.60. The van der Waals surface area contributed by atoms with Crippen molar-refractivity contribution in [3.63, 3.8) is 0 Å². The zero-order valence-electron chi connectivity index (χ0n) is 16.3. The normalized spacial score (nSPS) is 11.2. The smallest absolute Gasteiger partial charge is 0.267 e. The van der Waals surface area contributed by atoms with Gasteiger partial charge in [-0.1, -0.05) is 58.0 Å². The standard InChI is InChI=1S/C21H30N4O/c1-15(2)10-12-25(13-11-16(3)4)21-23-18(14-19(24-21)20(22)26)17-8-6-5-7-9-17/h5-9,14-16H,10-13H2,1-4H3,(H2,22,26). The third kappa shape index (κ3) is 5.83. The van der Waals surface area contributed by atoms with Gasteiger partial charge in [-0.2, -0.15) is 0 Å². The maximum absolute atomic E-state index is 11.8. The van der Waals surface area contributed by atoms with Crippen LogP contribution in [-0.2, 0) is 0 Å². The first-order valence-corrected chi connectivity index (χ1v) is 9.36. The lowest BCUT2D eigenvalue weighted by Crippen LogP contribution is -2.30. The number of nitrogens with zero attached hydrogens (tertiary/aromatic N) is 3. The molecule has 5 heteroatoms. The van der Waals surface area contributed by atoms with Crippen molar-refractivity contribution in [2.75, 3.05) is 18.0 Å². The lowest BCUT2D eigenvalue weighted by molar-refractivity contribution is 0.0995. The van der Waals surface area contributed by atoms with Gasteiger partial charge < -0.3 is 10.6 Å². The summed E-state index contributed by atoms with van der Waals surface area (Å²) in [6.07, 6.45) is 2.09. The quantitative estimate of drug-likeness (QED) is 0.734. The molecule has 1 aromatic heterocycles. The summed E-state index contributed by atoms with van der Waals surface area (Å²) >= 11 is 0. The van der Waals surface area contributed by atoms with Crippen molar-refractivity contribution in [1.82, 2.24) is 9.97 Å². The maximum atomic E-state index is 11.8. The second-order valence-electron chi connectivity index (χ2n) is 7.52. The van der Waals surface area contributed by atoms with Gasteiger partial charge in [0.25, 0.3) is 5.91 Å². The molecule has 26 heavy (non-hydrogen) atoms. The second kappa shape index (κ2) is 9.32. The van der Waals surface area contributed by atoms with E-state index >= 15 is 0 Å². The zero-order chi connectivity index (χ0) is 19.1. The maximum Gasteiger partial charge on any atom is 0.267 e. The Morgan fingerprint density at radius 3 is 2.08 bits per heavy atom. The number of rotatable bonds is 9. The predicted molar refractivity (Wildman–Crippen MR) is 107 cm³/mol. The Morgan fingerprint density at radius 1 is 1.00 bits per heavy atom. The molecule has 0 bridgehead atoms. The first kappa shape index (κ1) is 19.9. The van der Waals surface area contributed by atoms with E-state index in [1.165, 1.54) is 0 Å². The largest absolute Gasteiger partial charge is 0.364 e. The molecule has 0 aliphatic carbocycles. The van der Waals surface area contributed by atoms with Gasteiger partial charge >= 0.3 is 0 Å². The first-order valence-electron chi connectivity index (χ1n) is 9.36. The number of primary amides is 1. The molecule has 1 amide bonds. The molecule has 0 saturated carbocycles. The van der Waals surface area contributed by atoms with Crippen LogP contribution in [0.1, 0.15) is 51.0 Å². The van der Waals surface area contributed by atoms with E-state index in [-0.39, 0.29) is 5.69 Å². The Balaban J connectivity index is 2.41. The van der Waals surface area contributed by atoms with Crippen LogP contribution in [0.4, 0.5) is 5.95 Å². The van der Waals surface area contributed by atoms with Gasteiger partial charge in [-0.3, -0.25) is 4.79 Å². The Morgan fingerprint density at radius 2 is 1.58 bits per heavy atom. The van der Waals surface area contributed by atoms with Gasteiger partial charge in [0.1, 0.15) is 5.69 Å². The highest BCUT2D eigenvalue weighted by Gasteiger charge is 2.16. The summed E-state index contributed by atoms with van der Waals surface area (Å²) in [5, 5.41) is 0. The SMILES string of the molecule is CC(C)CCN(CCC(C)C)c1nc(C(N)=O)cc(-c2ccccc2)n1. The lowest BCUT2D eigenvalue weighted by atomic mass is 10.1. The minimum Gasteiger partial charge on any atom is -0.364 e. The number of anilines is 1. The minimum atomic E-state index is -0.529. The molecule has 140 valence electrons. The molecule has 0 saturated heterocycles. The van der Waals surface area contributed by atoms with Crippen LogP contribution in [0.15, 0.2) is 36.4 Å². The highest BCUT2D eigenvalue weighted by molar-refractivity contribution is 5.92. The molecule has 0 atom stereocenters. The minimum absolute atomic E-state index is 0.257. The van der Waals surface area contributed by atoms with E-state index in [1.54, 1.807) is 6.07 Å². The first-order chi connectivity index (χ1) is 12.4. The predicted octanol–water partition coefficient (Wildman–Crippen LogP) is 4.14. The molecule has 1 heterocycles. The molecule has 0 aliphatic rings. The van der Waals surface area contributed by atoms with Gasteiger partial charge in [-0.05, 0) is 30.7 Å². The molecule has 0 radical (unpaired) electrons. The lowest BCUT2D eigenvalue weighted by Gasteiger charge is -2.25. The monoisotopic (exact) mass is 354 g/mol. The third-order valence-corrected chi connectivity index (χ3v) is 4.27. The third-order valence-electron chi connectivity index (χ3n) is 4.27. The summed E-state index contributed by atoms with van der Waals surface area (Å²) < 4.78 is 0. The van der Waals surface area contributed by atoms with Crippen molar-refractivity contribution in [2.24, 2.45) is 17.6 Å². The van der Waals surface area contributed by atoms with Crippen molar-refractivity contribution in [3.05, 3.63) is 42.1 Å². The number of amides is 1. The number of nitrogens with two attached hydrogens (primary N) is 1. The van der Waals surface area contributed by atoms with Gasteiger partial charge in [0, 0.05) is 18.7 Å². The molecular weight excluding hydrogens is 324 g/mol. The number of benzene rings is 1. The number of hydrogen-bond acceptors (Lipinski definition) is 4. The molecule has 5 nitrogen and oxygen atoms in total. The van der Waals surface area contributed by atoms with E-state index in [4.69, 9.17) is 10.7 Å². The number of carbonyl (C=O) groups excluding carboxylic acids is 1. The van der Waals surface area contributed by atoms with Crippen LogP contribution in [0.3, 0.4) is 0 Å². The number of aromatic nitrogens is 2. The van der Waals surface area contributed by atoms with Gasteiger partial charge in [0.2, 0.25) is 5.95 Å². The van der Waals surface area contributed by atoms with Crippen molar-refractivity contribution >= 4 is 11.9 Å². The molecular formula is C21H30N4O. The van der Waals surface area contributed by atoms with Crippen LogP contribution in [-0.4, -0.2) is 29.0 Å². The van der Waals surface area contributed by atoms with E-state index in [9.17, 15) is 4.79 Å². The van der Waals surface area contributed by atoms with Crippen molar-refractivity contribution in [3.8, 4) is 11.3 Å². The summed E-state index contributed by atoms with van der Waals surface area (Å²) in [6.45, 7) is 10.5. The highest BCUT2D eigenvalue weighted by atomic mass is 16.1. The van der Waals surface area contributed by atoms with Crippen LogP contribution in [0.2, 0.25) is 0 Å². The van der Waals surface area contributed by atoms with Crippen LogP contribution in [0, 0.1) is 11.8 Å². The molecule has 2 rings (SSSR count). The average Bonchev–Trinajstić information content (AvgIpc) is 2.61.